The molecule has 8 heteroatoms. The number of amides is 1. The Morgan fingerprint density at radius 2 is 1.82 bits per heavy atom. The highest BCUT2D eigenvalue weighted by Gasteiger charge is 2.21. The lowest BCUT2D eigenvalue weighted by atomic mass is 10.1. The van der Waals surface area contributed by atoms with Gasteiger partial charge in [0.25, 0.3) is 5.91 Å². The van der Waals surface area contributed by atoms with Crippen molar-refractivity contribution in [2.75, 3.05) is 18.2 Å². The highest BCUT2D eigenvalue weighted by atomic mass is 32.2. The van der Waals surface area contributed by atoms with Gasteiger partial charge in [0.15, 0.2) is 15.0 Å². The van der Waals surface area contributed by atoms with E-state index < -0.39 is 15.7 Å². The van der Waals surface area contributed by atoms with E-state index in [1.54, 1.807) is 26.2 Å². The molecule has 28 heavy (non-hydrogen) atoms. The van der Waals surface area contributed by atoms with E-state index in [2.05, 4.69) is 10.3 Å². The topological polar surface area (TPSA) is 85.4 Å². The number of thiazole rings is 1. The molecule has 0 aliphatic heterocycles. The number of anilines is 1. The smallest absolute Gasteiger partial charge is 0.258 e. The zero-order chi connectivity index (χ0) is 20.3. The number of ether oxygens (including phenoxy) is 1. The number of methoxy groups -OCH3 is 1. The molecule has 0 aliphatic carbocycles. The Labute approximate surface area is 168 Å². The third kappa shape index (κ3) is 4.07. The molecule has 3 rings (SSSR count). The Balaban J connectivity index is 1.88. The lowest BCUT2D eigenvalue weighted by molar-refractivity contribution is 0.102. The van der Waals surface area contributed by atoms with E-state index in [1.165, 1.54) is 23.5 Å². The molecule has 0 fully saturated rings. The first-order valence-corrected chi connectivity index (χ1v) is 11.1. The Hall–Kier alpha value is -2.71. The van der Waals surface area contributed by atoms with Crippen LogP contribution in [0.3, 0.4) is 0 Å². The summed E-state index contributed by atoms with van der Waals surface area (Å²) in [5.74, 6) is 0.177. The molecule has 0 radical (unpaired) electrons. The van der Waals surface area contributed by atoms with Gasteiger partial charge in [-0.3, -0.25) is 10.1 Å². The van der Waals surface area contributed by atoms with Gasteiger partial charge in [0.2, 0.25) is 0 Å². The summed E-state index contributed by atoms with van der Waals surface area (Å²) in [5, 5.41) is 3.14. The van der Waals surface area contributed by atoms with E-state index >= 15 is 0 Å². The molecule has 6 nitrogen and oxygen atoms in total. The van der Waals surface area contributed by atoms with Gasteiger partial charge in [-0.15, -0.1) is 11.3 Å². The van der Waals surface area contributed by atoms with Crippen molar-refractivity contribution in [3.05, 3.63) is 59.0 Å². The molecule has 3 aromatic rings. The van der Waals surface area contributed by atoms with Gasteiger partial charge in [-0.25, -0.2) is 13.4 Å². The number of nitrogens with one attached hydrogen (secondary N) is 1. The Bertz CT molecular complexity index is 1100. The molecule has 0 unspecified atom stereocenters. The first kappa shape index (κ1) is 20.0. The molecule has 1 N–H and O–H groups in total. The SMILES string of the molecule is CCS(=O)(=O)c1ccccc1C(=O)Nc1nc(-c2ccc(OC)cc2)c(C)s1. The van der Waals surface area contributed by atoms with Crippen LogP contribution in [0.5, 0.6) is 5.75 Å². The molecule has 146 valence electrons. The minimum Gasteiger partial charge on any atom is -0.497 e. The molecule has 0 spiro atoms. The number of rotatable bonds is 6. The number of hydrogen-bond donors (Lipinski definition) is 1. The first-order valence-electron chi connectivity index (χ1n) is 8.60. The highest BCUT2D eigenvalue weighted by Crippen LogP contribution is 2.31. The van der Waals surface area contributed by atoms with Crippen LogP contribution < -0.4 is 10.1 Å². The zero-order valence-corrected chi connectivity index (χ0v) is 17.4. The molecule has 2 aromatic carbocycles. The van der Waals surface area contributed by atoms with Crippen molar-refractivity contribution in [2.45, 2.75) is 18.7 Å². The Morgan fingerprint density at radius 1 is 1.14 bits per heavy atom. The number of carbonyl (C=O) groups excluding carboxylic acids is 1. The molecule has 1 amide bonds. The number of aromatic nitrogens is 1. The van der Waals surface area contributed by atoms with E-state index in [9.17, 15) is 13.2 Å². The number of aryl methyl sites for hydroxylation is 1. The minimum absolute atomic E-state index is 0.0265. The van der Waals surface area contributed by atoms with Crippen LogP contribution in [0.25, 0.3) is 11.3 Å². The second-order valence-corrected chi connectivity index (χ2v) is 9.46. The van der Waals surface area contributed by atoms with E-state index in [1.807, 2.05) is 31.2 Å². The molecular formula is C20H20N2O4S2. The average molecular weight is 417 g/mol. The maximum atomic E-state index is 12.7. The van der Waals surface area contributed by atoms with Crippen molar-refractivity contribution < 1.29 is 17.9 Å². The van der Waals surface area contributed by atoms with Crippen LogP contribution in [0.1, 0.15) is 22.2 Å². The summed E-state index contributed by atoms with van der Waals surface area (Å²) in [6.07, 6.45) is 0. The van der Waals surface area contributed by atoms with Crippen LogP contribution in [-0.2, 0) is 9.84 Å². The lowest BCUT2D eigenvalue weighted by Crippen LogP contribution is -2.17. The molecule has 1 heterocycles. The average Bonchev–Trinajstić information content (AvgIpc) is 3.08. The molecule has 0 saturated carbocycles. The summed E-state index contributed by atoms with van der Waals surface area (Å²) in [6, 6.07) is 13.7. The van der Waals surface area contributed by atoms with Crippen LogP contribution in [0.4, 0.5) is 5.13 Å². The van der Waals surface area contributed by atoms with Gasteiger partial charge in [0, 0.05) is 10.4 Å². The summed E-state index contributed by atoms with van der Waals surface area (Å²) in [5.41, 5.74) is 1.78. The third-order valence-electron chi connectivity index (χ3n) is 4.23. The van der Waals surface area contributed by atoms with E-state index in [0.29, 0.717) is 5.13 Å². The van der Waals surface area contributed by atoms with Crippen molar-refractivity contribution in [3.63, 3.8) is 0 Å². The molecule has 0 saturated heterocycles. The van der Waals surface area contributed by atoms with E-state index in [4.69, 9.17) is 4.74 Å². The van der Waals surface area contributed by atoms with Crippen molar-refractivity contribution in [1.29, 1.82) is 0 Å². The highest BCUT2D eigenvalue weighted by molar-refractivity contribution is 7.91. The predicted octanol–water partition coefficient (Wildman–Crippen LogP) is 4.17. The minimum atomic E-state index is -3.51. The standard InChI is InChI=1S/C20H20N2O4S2/c1-4-28(24,25)17-8-6-5-7-16(17)19(23)22-20-21-18(13(2)27-20)14-9-11-15(26-3)12-10-14/h5-12H,4H2,1-3H3,(H,21,22,23). The van der Waals surface area contributed by atoms with Crippen LogP contribution in [0, 0.1) is 6.92 Å². The second-order valence-electron chi connectivity index (χ2n) is 6.01. The number of sulfone groups is 1. The Kier molecular flexibility index (Phi) is 5.81. The summed E-state index contributed by atoms with van der Waals surface area (Å²) in [6.45, 7) is 3.47. The number of hydrogen-bond acceptors (Lipinski definition) is 6. The van der Waals surface area contributed by atoms with Gasteiger partial charge in [-0.2, -0.15) is 0 Å². The molecule has 0 aliphatic rings. The fourth-order valence-corrected chi connectivity index (χ4v) is 4.64. The normalized spacial score (nSPS) is 11.2. The summed E-state index contributed by atoms with van der Waals surface area (Å²) in [7, 11) is -1.90. The third-order valence-corrected chi connectivity index (χ3v) is 6.90. The molecule has 1 aromatic heterocycles. The van der Waals surface area contributed by atoms with Crippen LogP contribution in [0.2, 0.25) is 0 Å². The second kappa shape index (κ2) is 8.12. The largest absolute Gasteiger partial charge is 0.497 e. The zero-order valence-electron chi connectivity index (χ0n) is 15.7. The van der Waals surface area contributed by atoms with Crippen LogP contribution >= 0.6 is 11.3 Å². The number of carbonyl (C=O) groups is 1. The molecule has 0 bridgehead atoms. The predicted molar refractivity (Wildman–Crippen MR) is 111 cm³/mol. The van der Waals surface area contributed by atoms with Gasteiger partial charge in [0.1, 0.15) is 5.75 Å². The van der Waals surface area contributed by atoms with Gasteiger partial charge in [-0.1, -0.05) is 19.1 Å². The number of nitrogens with zero attached hydrogens (tertiary/aromatic N) is 1. The summed E-state index contributed by atoms with van der Waals surface area (Å²) >= 11 is 1.34. The monoisotopic (exact) mass is 416 g/mol. The summed E-state index contributed by atoms with van der Waals surface area (Å²) < 4.78 is 29.7. The van der Waals surface area contributed by atoms with Crippen molar-refractivity contribution in [2.24, 2.45) is 0 Å². The molecule has 0 atom stereocenters. The van der Waals surface area contributed by atoms with Crippen molar-refractivity contribution >= 4 is 32.2 Å². The fraction of sp³-hybridized carbons (Fsp3) is 0.200. The van der Waals surface area contributed by atoms with E-state index in [-0.39, 0.29) is 16.2 Å². The lowest BCUT2D eigenvalue weighted by Gasteiger charge is -2.08. The quantitative estimate of drug-likeness (QED) is 0.652. The van der Waals surface area contributed by atoms with Gasteiger partial charge >= 0.3 is 0 Å². The molecular weight excluding hydrogens is 396 g/mol. The van der Waals surface area contributed by atoms with Crippen LogP contribution in [0.15, 0.2) is 53.4 Å². The summed E-state index contributed by atoms with van der Waals surface area (Å²) in [4.78, 5) is 18.2. The fourth-order valence-electron chi connectivity index (χ4n) is 2.71. The maximum Gasteiger partial charge on any atom is 0.258 e. The van der Waals surface area contributed by atoms with Crippen molar-refractivity contribution in [3.8, 4) is 17.0 Å². The number of benzene rings is 2. The maximum absolute atomic E-state index is 12.7. The van der Waals surface area contributed by atoms with Crippen LogP contribution in [-0.4, -0.2) is 32.2 Å². The van der Waals surface area contributed by atoms with Gasteiger partial charge < -0.3 is 4.74 Å². The first-order chi connectivity index (χ1) is 13.4. The van der Waals surface area contributed by atoms with Gasteiger partial charge in [0.05, 0.1) is 29.0 Å². The van der Waals surface area contributed by atoms with E-state index in [0.717, 1.165) is 21.9 Å². The Morgan fingerprint density at radius 3 is 2.46 bits per heavy atom. The van der Waals surface area contributed by atoms with Gasteiger partial charge in [-0.05, 0) is 43.3 Å². The van der Waals surface area contributed by atoms with Crippen molar-refractivity contribution in [1.82, 2.24) is 4.98 Å².